The summed E-state index contributed by atoms with van der Waals surface area (Å²) in [6.45, 7) is 0. The molecule has 0 fully saturated rings. The maximum absolute atomic E-state index is 6.67. The number of benzene rings is 4. The molecule has 0 radical (unpaired) electrons. The first-order valence-corrected chi connectivity index (χ1v) is 17.0. The van der Waals surface area contributed by atoms with Crippen molar-refractivity contribution in [2.75, 3.05) is 22.9 Å². The Hall–Kier alpha value is -6.80. The SMILES string of the molecule is Nc1ccccc1-c1c2nc(c(-c3ccccc3N)c3ccc([nH]3)c(-c3ccccc3N)c3nc(c(-c4ccccc4N)c4ccc1[nH]4)C=C3)C=C2.[Fe+2]. The zero-order valence-electron chi connectivity index (χ0n) is 28.4. The van der Waals surface area contributed by atoms with E-state index in [1.54, 1.807) is 0 Å². The molecule has 0 atom stereocenters. The second kappa shape index (κ2) is 13.4. The molecule has 9 rings (SSSR count). The molecule has 7 aromatic rings. The van der Waals surface area contributed by atoms with Crippen LogP contribution < -0.4 is 22.9 Å². The second-order valence-electron chi connectivity index (χ2n) is 12.9. The molecule has 0 unspecified atom stereocenters. The molecule has 5 heterocycles. The van der Waals surface area contributed by atoms with E-state index in [0.29, 0.717) is 22.7 Å². The van der Waals surface area contributed by atoms with Gasteiger partial charge in [0.2, 0.25) is 0 Å². The van der Waals surface area contributed by atoms with Gasteiger partial charge in [-0.3, -0.25) is 0 Å². The average Bonchev–Trinajstić information content (AvgIpc) is 3.99. The molecular formula is C44H34FeN8+2. The molecule has 2 aliphatic rings. The molecule has 256 valence electrons. The first-order valence-electron chi connectivity index (χ1n) is 17.0. The number of nitrogens with one attached hydrogen (secondary N) is 2. The summed E-state index contributed by atoms with van der Waals surface area (Å²) in [7, 11) is 0. The van der Waals surface area contributed by atoms with Crippen molar-refractivity contribution in [2.24, 2.45) is 0 Å². The van der Waals surface area contributed by atoms with Crippen LogP contribution in [-0.2, 0) is 17.1 Å². The predicted octanol–water partition coefficient (Wildman–Crippen LogP) is 9.65. The minimum Gasteiger partial charge on any atom is -0.398 e. The number of aromatic nitrogens is 4. The number of fused-ring (bicyclic) bond motifs is 8. The van der Waals surface area contributed by atoms with E-state index in [-0.39, 0.29) is 17.1 Å². The number of hydrogen-bond acceptors (Lipinski definition) is 6. The van der Waals surface area contributed by atoms with Gasteiger partial charge in [-0.2, -0.15) is 0 Å². The summed E-state index contributed by atoms with van der Waals surface area (Å²) in [6.07, 6.45) is 8.13. The fourth-order valence-electron chi connectivity index (χ4n) is 7.24. The van der Waals surface area contributed by atoms with Gasteiger partial charge in [0.25, 0.3) is 0 Å². The number of aromatic amines is 2. The zero-order chi connectivity index (χ0) is 35.3. The van der Waals surface area contributed by atoms with Crippen molar-refractivity contribution >= 4 is 69.1 Å². The monoisotopic (exact) mass is 730 g/mol. The van der Waals surface area contributed by atoms with Crippen molar-refractivity contribution in [2.45, 2.75) is 0 Å². The molecule has 10 N–H and O–H groups in total. The third-order valence-electron chi connectivity index (χ3n) is 9.67. The minimum absolute atomic E-state index is 0. The zero-order valence-corrected chi connectivity index (χ0v) is 29.5. The van der Waals surface area contributed by atoms with Gasteiger partial charge in [-0.15, -0.1) is 0 Å². The number of para-hydroxylation sites is 4. The fraction of sp³-hybridized carbons (Fsp3) is 0. The van der Waals surface area contributed by atoms with E-state index >= 15 is 0 Å². The van der Waals surface area contributed by atoms with Crippen LogP contribution in [0.1, 0.15) is 22.8 Å². The van der Waals surface area contributed by atoms with E-state index in [0.717, 1.165) is 89.4 Å². The van der Waals surface area contributed by atoms with Crippen LogP contribution in [0.25, 0.3) is 90.9 Å². The molecule has 0 amide bonds. The van der Waals surface area contributed by atoms with Crippen LogP contribution in [0.4, 0.5) is 22.7 Å². The molecule has 8 nitrogen and oxygen atoms in total. The van der Waals surface area contributed by atoms with Gasteiger partial charge in [-0.1, -0.05) is 72.8 Å². The average molecular weight is 731 g/mol. The normalized spacial score (nSPS) is 11.8. The number of H-pyrrole nitrogens is 2. The van der Waals surface area contributed by atoms with Crippen LogP contribution in [0.5, 0.6) is 0 Å². The molecule has 53 heavy (non-hydrogen) atoms. The van der Waals surface area contributed by atoms with Crippen molar-refractivity contribution < 1.29 is 17.1 Å². The number of nitrogens with two attached hydrogens (primary N) is 4. The van der Waals surface area contributed by atoms with Gasteiger partial charge in [-0.05, 0) is 72.8 Å². The molecule has 3 aromatic heterocycles. The van der Waals surface area contributed by atoms with Gasteiger partial charge in [-0.25, -0.2) is 9.97 Å². The van der Waals surface area contributed by atoms with Crippen molar-refractivity contribution in [3.63, 3.8) is 0 Å². The Morgan fingerprint density at radius 1 is 0.321 bits per heavy atom. The van der Waals surface area contributed by atoms with Gasteiger partial charge >= 0.3 is 17.1 Å². The number of nitrogens with zero attached hydrogens (tertiary/aromatic N) is 2. The van der Waals surface area contributed by atoms with E-state index in [9.17, 15) is 0 Å². The maximum atomic E-state index is 6.67. The van der Waals surface area contributed by atoms with Crippen molar-refractivity contribution in [1.82, 2.24) is 19.9 Å². The van der Waals surface area contributed by atoms with Crippen LogP contribution in [0.3, 0.4) is 0 Å². The molecule has 8 bridgehead atoms. The smallest absolute Gasteiger partial charge is 0.398 e. The van der Waals surface area contributed by atoms with Gasteiger partial charge in [0.05, 0.1) is 22.8 Å². The molecule has 0 spiro atoms. The Kier molecular flexibility index (Phi) is 8.43. The first kappa shape index (κ1) is 33.3. The first-order chi connectivity index (χ1) is 25.4. The van der Waals surface area contributed by atoms with Gasteiger partial charge in [0.1, 0.15) is 0 Å². The van der Waals surface area contributed by atoms with Crippen molar-refractivity contribution in [3.05, 3.63) is 144 Å². The van der Waals surface area contributed by atoms with Crippen LogP contribution in [0, 0.1) is 0 Å². The van der Waals surface area contributed by atoms with E-state index in [2.05, 4.69) is 34.2 Å². The molecule has 0 saturated heterocycles. The van der Waals surface area contributed by atoms with Crippen LogP contribution >= 0.6 is 0 Å². The minimum atomic E-state index is 0. The van der Waals surface area contributed by atoms with Gasteiger partial charge in [0.15, 0.2) is 0 Å². The molecule has 4 aromatic carbocycles. The molecule has 2 aliphatic heterocycles. The largest absolute Gasteiger partial charge is 2.00 e. The topological polar surface area (TPSA) is 161 Å². The Labute approximate surface area is 316 Å². The molecular weight excluding hydrogens is 696 g/mol. The summed E-state index contributed by atoms with van der Waals surface area (Å²) in [5.74, 6) is 0. The number of anilines is 4. The van der Waals surface area contributed by atoms with E-state index in [4.69, 9.17) is 32.9 Å². The summed E-state index contributed by atoms with van der Waals surface area (Å²) in [5, 5.41) is 0. The van der Waals surface area contributed by atoms with Crippen LogP contribution in [0.15, 0.2) is 121 Å². The number of nitrogen functional groups attached to an aromatic ring is 4. The summed E-state index contributed by atoms with van der Waals surface area (Å²) in [5.41, 5.74) is 42.5. The predicted molar refractivity (Wildman–Crippen MR) is 218 cm³/mol. The number of rotatable bonds is 4. The molecule has 0 saturated carbocycles. The van der Waals surface area contributed by atoms with Crippen LogP contribution in [-0.4, -0.2) is 19.9 Å². The summed E-state index contributed by atoms with van der Waals surface area (Å²) in [4.78, 5) is 18.1. The Bertz CT molecular complexity index is 2440. The van der Waals surface area contributed by atoms with E-state index < -0.39 is 0 Å². The molecule has 9 heteroatoms. The Morgan fingerprint density at radius 3 is 0.774 bits per heavy atom. The van der Waals surface area contributed by atoms with Crippen molar-refractivity contribution in [3.8, 4) is 44.5 Å². The Morgan fingerprint density at radius 2 is 0.547 bits per heavy atom. The fourth-order valence-corrected chi connectivity index (χ4v) is 7.24. The molecule has 0 aliphatic carbocycles. The van der Waals surface area contributed by atoms with E-state index in [1.165, 1.54) is 0 Å². The summed E-state index contributed by atoms with van der Waals surface area (Å²) >= 11 is 0. The maximum Gasteiger partial charge on any atom is 2.00 e. The van der Waals surface area contributed by atoms with Crippen molar-refractivity contribution in [1.29, 1.82) is 0 Å². The third-order valence-corrected chi connectivity index (χ3v) is 9.67. The van der Waals surface area contributed by atoms with Crippen LogP contribution in [0.2, 0.25) is 0 Å². The second-order valence-corrected chi connectivity index (χ2v) is 12.9. The number of hydrogen-bond donors (Lipinski definition) is 6. The summed E-state index contributed by atoms with van der Waals surface area (Å²) < 4.78 is 0. The van der Waals surface area contributed by atoms with Gasteiger partial charge in [0, 0.05) is 89.3 Å². The standard InChI is InChI=1S/C44H34N8.Fe/c45-29-13-5-1-9-25(29)41-33-17-19-35(49-33)42(26-10-2-6-14-30(26)46)37-21-23-39(51-37)44(28-12-4-8-16-32(28)48)40-24-22-38(52-40)43(36-20-18-34(41)50-36)27-11-3-7-15-31(27)47;/h1-24,49,52H,45-48H2;/q;+2. The quantitative estimate of drug-likeness (QED) is 0.0781. The Balaban J connectivity index is 0.00000400. The summed E-state index contributed by atoms with van der Waals surface area (Å²) in [6, 6.07) is 39.6. The van der Waals surface area contributed by atoms with E-state index in [1.807, 2.05) is 121 Å². The van der Waals surface area contributed by atoms with Gasteiger partial charge < -0.3 is 32.9 Å². The third kappa shape index (κ3) is 5.74.